The Balaban J connectivity index is 0. The monoisotopic (exact) mass is 193 g/mol. The van der Waals surface area contributed by atoms with Crippen LogP contribution in [-0.4, -0.2) is 43.0 Å². The van der Waals surface area contributed by atoms with E-state index in [1.807, 2.05) is 26.0 Å². The first-order valence-corrected chi connectivity index (χ1v) is 4.80. The minimum atomic E-state index is 0. The van der Waals surface area contributed by atoms with Crippen LogP contribution in [0.3, 0.4) is 0 Å². The average Bonchev–Trinajstić information content (AvgIpc) is 2.21. The van der Waals surface area contributed by atoms with E-state index in [2.05, 4.69) is 5.16 Å². The molecule has 0 spiro atoms. The number of ether oxygens (including phenoxy) is 1. The molecular formula is C10H20LiNO2. The predicted molar refractivity (Wildman–Crippen MR) is 61.5 cm³/mol. The van der Waals surface area contributed by atoms with Gasteiger partial charge in [-0.1, -0.05) is 11.2 Å². The molecule has 3 nitrogen and oxygen atoms in total. The Hall–Kier alpha value is -0.233. The first kappa shape index (κ1) is 16.2. The van der Waals surface area contributed by atoms with Crippen molar-refractivity contribution in [2.24, 2.45) is 5.16 Å². The molecule has 0 bridgehead atoms. The summed E-state index contributed by atoms with van der Waals surface area (Å²) in [6.07, 6.45) is 7.06. The zero-order valence-corrected chi connectivity index (χ0v) is 8.49. The fourth-order valence-electron chi connectivity index (χ4n) is 0.991. The number of hydrogen-bond acceptors (Lipinski definition) is 3. The maximum absolute atomic E-state index is 8.23. The normalized spacial score (nSPS) is 16.9. The molecule has 1 aliphatic rings. The molecule has 0 aliphatic heterocycles. The van der Waals surface area contributed by atoms with Gasteiger partial charge >= 0.3 is 18.9 Å². The van der Waals surface area contributed by atoms with Gasteiger partial charge in [0.2, 0.25) is 0 Å². The molecule has 0 aromatic rings. The quantitative estimate of drug-likeness (QED) is 0.413. The van der Waals surface area contributed by atoms with Crippen molar-refractivity contribution in [1.29, 1.82) is 0 Å². The van der Waals surface area contributed by atoms with E-state index in [9.17, 15) is 0 Å². The van der Waals surface area contributed by atoms with E-state index in [0.29, 0.717) is 0 Å². The molecule has 0 aromatic carbocycles. The summed E-state index contributed by atoms with van der Waals surface area (Å²) in [5.41, 5.74) is 0.802. The molecular weight excluding hydrogens is 173 g/mol. The van der Waals surface area contributed by atoms with Gasteiger partial charge in [0, 0.05) is 13.2 Å². The fourth-order valence-corrected chi connectivity index (χ4v) is 0.991. The molecule has 0 fully saturated rings. The standard InChI is InChI=1S/C6H9NO.C4H10O.Li.H/c8-7-6-4-2-1-3-5-6;1-3-5-4-2;;/h2,4,8H,1,3,5H2;3-4H2,1-2H3;;/b7-6+;;;. The molecule has 0 saturated carbocycles. The Morgan fingerprint density at radius 1 is 1.43 bits per heavy atom. The van der Waals surface area contributed by atoms with Crippen LogP contribution in [-0.2, 0) is 4.74 Å². The molecule has 78 valence electrons. The van der Waals surface area contributed by atoms with Gasteiger partial charge in [0.05, 0.1) is 5.71 Å². The first-order chi connectivity index (χ1) is 6.35. The third-order valence-electron chi connectivity index (χ3n) is 1.65. The molecule has 0 saturated heterocycles. The van der Waals surface area contributed by atoms with Crippen molar-refractivity contribution in [3.63, 3.8) is 0 Å². The van der Waals surface area contributed by atoms with Crippen molar-refractivity contribution >= 4 is 24.6 Å². The number of rotatable bonds is 2. The molecule has 0 radical (unpaired) electrons. The van der Waals surface area contributed by atoms with Crippen LogP contribution >= 0.6 is 0 Å². The molecule has 1 rings (SSSR count). The summed E-state index contributed by atoms with van der Waals surface area (Å²) in [4.78, 5) is 0. The molecule has 1 aliphatic carbocycles. The van der Waals surface area contributed by atoms with Crippen LogP contribution in [0.1, 0.15) is 33.1 Å². The molecule has 0 heterocycles. The van der Waals surface area contributed by atoms with Gasteiger partial charge < -0.3 is 9.94 Å². The predicted octanol–water partition coefficient (Wildman–Crippen LogP) is 1.95. The maximum atomic E-state index is 8.23. The van der Waals surface area contributed by atoms with Crippen molar-refractivity contribution in [3.05, 3.63) is 12.2 Å². The van der Waals surface area contributed by atoms with E-state index in [-0.39, 0.29) is 18.9 Å². The van der Waals surface area contributed by atoms with Gasteiger partial charge in [0.25, 0.3) is 0 Å². The van der Waals surface area contributed by atoms with Gasteiger partial charge in [-0.05, 0) is 39.2 Å². The number of nitrogens with zero attached hydrogens (tertiary/aromatic N) is 1. The Morgan fingerprint density at radius 2 is 2.07 bits per heavy atom. The Bertz CT molecular complexity index is 168. The van der Waals surface area contributed by atoms with Crippen LogP contribution in [0.5, 0.6) is 0 Å². The third kappa shape index (κ3) is 9.85. The van der Waals surface area contributed by atoms with Gasteiger partial charge in [-0.15, -0.1) is 0 Å². The summed E-state index contributed by atoms with van der Waals surface area (Å²) in [5, 5.41) is 11.3. The van der Waals surface area contributed by atoms with Crippen molar-refractivity contribution in [2.75, 3.05) is 13.2 Å². The average molecular weight is 193 g/mol. The summed E-state index contributed by atoms with van der Waals surface area (Å²) < 4.78 is 4.83. The van der Waals surface area contributed by atoms with E-state index in [4.69, 9.17) is 9.94 Å². The summed E-state index contributed by atoms with van der Waals surface area (Å²) >= 11 is 0. The zero-order valence-electron chi connectivity index (χ0n) is 8.49. The zero-order chi connectivity index (χ0) is 9.94. The van der Waals surface area contributed by atoms with Gasteiger partial charge in [0.15, 0.2) is 0 Å². The molecule has 0 atom stereocenters. The van der Waals surface area contributed by atoms with Crippen LogP contribution in [0.4, 0.5) is 0 Å². The number of oxime groups is 1. The van der Waals surface area contributed by atoms with Gasteiger partial charge in [0.1, 0.15) is 0 Å². The van der Waals surface area contributed by atoms with Crippen molar-refractivity contribution in [1.82, 2.24) is 0 Å². The minimum absolute atomic E-state index is 0. The topological polar surface area (TPSA) is 41.8 Å². The molecule has 0 amide bonds. The van der Waals surface area contributed by atoms with Gasteiger partial charge in [-0.25, -0.2) is 0 Å². The second-order valence-electron chi connectivity index (χ2n) is 2.67. The second-order valence-corrected chi connectivity index (χ2v) is 2.67. The van der Waals surface area contributed by atoms with Crippen molar-refractivity contribution < 1.29 is 9.94 Å². The van der Waals surface area contributed by atoms with Crippen LogP contribution in [0, 0.1) is 0 Å². The van der Waals surface area contributed by atoms with E-state index >= 15 is 0 Å². The Labute approximate surface area is 98.4 Å². The summed E-state index contributed by atoms with van der Waals surface area (Å²) in [5.74, 6) is 0. The number of hydrogen-bond donors (Lipinski definition) is 1. The second kappa shape index (κ2) is 12.8. The molecule has 14 heavy (non-hydrogen) atoms. The van der Waals surface area contributed by atoms with E-state index < -0.39 is 0 Å². The SMILES string of the molecule is CCOCC.O/N=C1\C=CCCC1.[LiH]. The van der Waals surface area contributed by atoms with Crippen LogP contribution < -0.4 is 0 Å². The first-order valence-electron chi connectivity index (χ1n) is 4.80. The Morgan fingerprint density at radius 3 is 2.29 bits per heavy atom. The molecule has 0 unspecified atom stereocenters. The van der Waals surface area contributed by atoms with E-state index in [1.54, 1.807) is 0 Å². The summed E-state index contributed by atoms with van der Waals surface area (Å²) in [6.45, 7) is 5.67. The third-order valence-corrected chi connectivity index (χ3v) is 1.65. The van der Waals surface area contributed by atoms with E-state index in [0.717, 1.165) is 38.2 Å². The molecule has 0 aromatic heterocycles. The van der Waals surface area contributed by atoms with Gasteiger partial charge in [-0.3, -0.25) is 0 Å². The summed E-state index contributed by atoms with van der Waals surface area (Å²) in [6, 6.07) is 0. The Kier molecular flexibility index (Phi) is 14.8. The number of allylic oxidation sites excluding steroid dienone is 2. The molecule has 4 heteroatoms. The van der Waals surface area contributed by atoms with Gasteiger partial charge in [-0.2, -0.15) is 0 Å². The summed E-state index contributed by atoms with van der Waals surface area (Å²) in [7, 11) is 0. The van der Waals surface area contributed by atoms with E-state index in [1.165, 1.54) is 0 Å². The fraction of sp³-hybridized carbons (Fsp3) is 0.700. The van der Waals surface area contributed by atoms with Crippen LogP contribution in [0.25, 0.3) is 0 Å². The van der Waals surface area contributed by atoms with Crippen molar-refractivity contribution in [2.45, 2.75) is 33.1 Å². The van der Waals surface area contributed by atoms with Crippen molar-refractivity contribution in [3.8, 4) is 0 Å². The van der Waals surface area contributed by atoms with Crippen LogP contribution in [0.15, 0.2) is 17.3 Å². The van der Waals surface area contributed by atoms with Crippen LogP contribution in [0.2, 0.25) is 0 Å². The molecule has 1 N–H and O–H groups in total.